The second-order valence-electron chi connectivity index (χ2n) is 10.5. The van der Waals surface area contributed by atoms with Crippen molar-refractivity contribution in [3.05, 3.63) is 60.2 Å². The molecule has 2 aromatic rings. The van der Waals surface area contributed by atoms with E-state index >= 15 is 0 Å². The topological polar surface area (TPSA) is 45.2 Å². The van der Waals surface area contributed by atoms with Crippen molar-refractivity contribution in [3.63, 3.8) is 0 Å². The van der Waals surface area contributed by atoms with Gasteiger partial charge in [0, 0.05) is 57.6 Å². The first-order valence-electron chi connectivity index (χ1n) is 12.6. The Morgan fingerprint density at radius 2 is 1.62 bits per heavy atom. The van der Waals surface area contributed by atoms with Crippen LogP contribution < -0.4 is 9.64 Å². The first kappa shape index (κ1) is 24.4. The minimum absolute atomic E-state index is 0.172. The van der Waals surface area contributed by atoms with Gasteiger partial charge in [-0.15, -0.1) is 0 Å². The molecule has 184 valence electrons. The van der Waals surface area contributed by atoms with E-state index in [1.165, 1.54) is 11.3 Å². The van der Waals surface area contributed by atoms with Crippen molar-refractivity contribution in [2.75, 3.05) is 50.7 Å². The number of amides is 1. The predicted molar refractivity (Wildman–Crippen MR) is 136 cm³/mol. The van der Waals surface area contributed by atoms with Crippen LogP contribution in [0, 0.1) is 5.92 Å². The average Bonchev–Trinajstić information content (AvgIpc) is 2.83. The number of piperazine rings is 1. The number of nitrogens with zero attached hydrogens (tertiary/aromatic N) is 3. The number of likely N-dealkylation sites (tertiary alicyclic amines) is 1. The van der Waals surface area contributed by atoms with Crippen LogP contribution in [0.15, 0.2) is 54.6 Å². The van der Waals surface area contributed by atoms with Crippen LogP contribution in [0.25, 0.3) is 0 Å². The molecule has 4 rings (SSSR count). The van der Waals surface area contributed by atoms with Gasteiger partial charge in [-0.3, -0.25) is 4.90 Å². The number of hydrogen-bond acceptors (Lipinski definition) is 5. The Labute approximate surface area is 204 Å². The lowest BCUT2D eigenvalue weighted by Gasteiger charge is -2.39. The molecule has 0 aliphatic carbocycles. The highest BCUT2D eigenvalue weighted by Crippen LogP contribution is 2.25. The molecule has 0 saturated carbocycles. The van der Waals surface area contributed by atoms with E-state index in [1.807, 2.05) is 49.9 Å². The smallest absolute Gasteiger partial charge is 0.410 e. The van der Waals surface area contributed by atoms with Crippen LogP contribution >= 0.6 is 0 Å². The highest BCUT2D eigenvalue weighted by Gasteiger charge is 2.28. The number of ether oxygens (including phenoxy) is 2. The molecule has 0 aromatic heterocycles. The average molecular weight is 466 g/mol. The van der Waals surface area contributed by atoms with Gasteiger partial charge in [0.25, 0.3) is 0 Å². The first-order valence-corrected chi connectivity index (χ1v) is 12.6. The molecular formula is C28H39N3O3. The minimum Gasteiger partial charge on any atom is -0.489 e. The van der Waals surface area contributed by atoms with Gasteiger partial charge < -0.3 is 19.3 Å². The molecule has 6 nitrogen and oxygen atoms in total. The molecule has 2 aliphatic heterocycles. The number of anilines is 1. The fourth-order valence-corrected chi connectivity index (χ4v) is 4.69. The summed E-state index contributed by atoms with van der Waals surface area (Å²) in [4.78, 5) is 19.2. The molecule has 0 N–H and O–H groups in total. The fourth-order valence-electron chi connectivity index (χ4n) is 4.69. The molecule has 2 fully saturated rings. The third-order valence-corrected chi connectivity index (χ3v) is 6.59. The molecule has 2 saturated heterocycles. The predicted octanol–water partition coefficient (Wildman–Crippen LogP) is 5.03. The highest BCUT2D eigenvalue weighted by atomic mass is 16.6. The molecule has 2 heterocycles. The molecule has 0 spiro atoms. The van der Waals surface area contributed by atoms with Crippen molar-refractivity contribution in [2.45, 2.75) is 45.8 Å². The molecule has 1 amide bonds. The molecule has 6 heteroatoms. The Morgan fingerprint density at radius 1 is 0.912 bits per heavy atom. The summed E-state index contributed by atoms with van der Waals surface area (Å²) in [5, 5.41) is 0. The monoisotopic (exact) mass is 465 g/mol. The van der Waals surface area contributed by atoms with Crippen molar-refractivity contribution in [1.82, 2.24) is 9.80 Å². The third-order valence-electron chi connectivity index (χ3n) is 6.59. The van der Waals surface area contributed by atoms with E-state index in [-0.39, 0.29) is 6.09 Å². The molecule has 0 bridgehead atoms. The summed E-state index contributed by atoms with van der Waals surface area (Å²) in [6.07, 6.45) is 1.94. The molecule has 34 heavy (non-hydrogen) atoms. The Hall–Kier alpha value is -2.73. The maximum absolute atomic E-state index is 12.3. The van der Waals surface area contributed by atoms with Crippen molar-refractivity contribution in [3.8, 4) is 5.75 Å². The number of carbonyl (C=O) groups excluding carboxylic acids is 1. The summed E-state index contributed by atoms with van der Waals surface area (Å²) in [7, 11) is 0. The molecular weight excluding hydrogens is 426 g/mol. The van der Waals surface area contributed by atoms with Gasteiger partial charge in [0.1, 0.15) is 18.0 Å². The zero-order chi connectivity index (χ0) is 24.0. The van der Waals surface area contributed by atoms with Crippen LogP contribution in [0.5, 0.6) is 5.75 Å². The molecule has 0 unspecified atom stereocenters. The normalized spacial score (nSPS) is 18.1. The summed E-state index contributed by atoms with van der Waals surface area (Å²) >= 11 is 0. The molecule has 2 aromatic carbocycles. The fraction of sp³-hybridized carbons (Fsp3) is 0.536. The standard InChI is InChI=1S/C28H39N3O3/c1-28(2,3)34-27(32)31-14-12-23(13-15-31)21-29-16-18-30(19-17-29)25-10-7-11-26(20-25)33-22-24-8-5-4-6-9-24/h4-11,20,23H,12-19,21-22H2,1-3H3. The van der Waals surface area contributed by atoms with Crippen LogP contribution in [0.1, 0.15) is 39.2 Å². The summed E-state index contributed by atoms with van der Waals surface area (Å²) in [6, 6.07) is 18.7. The molecule has 0 radical (unpaired) electrons. The largest absolute Gasteiger partial charge is 0.489 e. The maximum atomic E-state index is 12.3. The Kier molecular flexibility index (Phi) is 7.99. The second-order valence-corrected chi connectivity index (χ2v) is 10.5. The first-order chi connectivity index (χ1) is 16.4. The number of piperidine rings is 1. The van der Waals surface area contributed by atoms with Gasteiger partial charge in [-0.25, -0.2) is 4.79 Å². The molecule has 0 atom stereocenters. The van der Waals surface area contributed by atoms with Crippen LogP contribution in [-0.4, -0.2) is 67.3 Å². The van der Waals surface area contributed by atoms with Gasteiger partial charge in [-0.2, -0.15) is 0 Å². The summed E-state index contributed by atoms with van der Waals surface area (Å²) < 4.78 is 11.5. The summed E-state index contributed by atoms with van der Waals surface area (Å²) in [5.74, 6) is 1.57. The van der Waals surface area contributed by atoms with Crippen LogP contribution in [0.2, 0.25) is 0 Å². The van der Waals surface area contributed by atoms with Crippen LogP contribution in [0.3, 0.4) is 0 Å². The number of benzene rings is 2. The Bertz CT molecular complexity index is 912. The maximum Gasteiger partial charge on any atom is 0.410 e. The van der Waals surface area contributed by atoms with Gasteiger partial charge in [0.15, 0.2) is 0 Å². The molecule has 2 aliphatic rings. The third kappa shape index (κ3) is 7.13. The van der Waals surface area contributed by atoms with E-state index in [4.69, 9.17) is 9.47 Å². The Morgan fingerprint density at radius 3 is 2.29 bits per heavy atom. The van der Waals surface area contributed by atoms with E-state index in [0.717, 1.165) is 64.4 Å². The van der Waals surface area contributed by atoms with Crippen molar-refractivity contribution >= 4 is 11.8 Å². The number of carbonyl (C=O) groups is 1. The zero-order valence-electron chi connectivity index (χ0n) is 20.9. The van der Waals surface area contributed by atoms with Crippen molar-refractivity contribution < 1.29 is 14.3 Å². The Balaban J connectivity index is 1.19. The quantitative estimate of drug-likeness (QED) is 0.598. The van der Waals surface area contributed by atoms with Crippen molar-refractivity contribution in [2.24, 2.45) is 5.92 Å². The van der Waals surface area contributed by atoms with Gasteiger partial charge >= 0.3 is 6.09 Å². The SMILES string of the molecule is CC(C)(C)OC(=O)N1CCC(CN2CCN(c3cccc(OCc4ccccc4)c3)CC2)CC1. The minimum atomic E-state index is -0.429. The van der Waals surface area contributed by atoms with Crippen molar-refractivity contribution in [1.29, 1.82) is 0 Å². The van der Waals surface area contributed by atoms with Gasteiger partial charge in [0.2, 0.25) is 0 Å². The second kappa shape index (κ2) is 11.1. The van der Waals surface area contributed by atoms with Gasteiger partial charge in [-0.1, -0.05) is 36.4 Å². The lowest BCUT2D eigenvalue weighted by Crippen LogP contribution is -2.49. The number of hydrogen-bond donors (Lipinski definition) is 0. The zero-order valence-corrected chi connectivity index (χ0v) is 20.9. The lowest BCUT2D eigenvalue weighted by atomic mass is 9.96. The van der Waals surface area contributed by atoms with Crippen LogP contribution in [0.4, 0.5) is 10.5 Å². The van der Waals surface area contributed by atoms with Gasteiger partial charge in [0.05, 0.1) is 0 Å². The summed E-state index contributed by atoms with van der Waals surface area (Å²) in [6.45, 7) is 13.3. The van der Waals surface area contributed by atoms with E-state index in [2.05, 4.69) is 40.1 Å². The van der Waals surface area contributed by atoms with Crippen LogP contribution in [-0.2, 0) is 11.3 Å². The highest BCUT2D eigenvalue weighted by molar-refractivity contribution is 5.68. The summed E-state index contributed by atoms with van der Waals surface area (Å²) in [5.41, 5.74) is 1.98. The lowest BCUT2D eigenvalue weighted by molar-refractivity contribution is 0.0169. The van der Waals surface area contributed by atoms with Gasteiger partial charge in [-0.05, 0) is 57.2 Å². The van der Waals surface area contributed by atoms with E-state index < -0.39 is 5.60 Å². The number of rotatable bonds is 6. The van der Waals surface area contributed by atoms with E-state index in [0.29, 0.717) is 12.5 Å². The van der Waals surface area contributed by atoms with E-state index in [9.17, 15) is 4.79 Å². The van der Waals surface area contributed by atoms with E-state index in [1.54, 1.807) is 0 Å².